The van der Waals surface area contributed by atoms with Crippen LogP contribution in [0.4, 0.5) is 0 Å². The number of benzene rings is 2. The zero-order valence-electron chi connectivity index (χ0n) is 16.0. The van der Waals surface area contributed by atoms with Gasteiger partial charge in [-0.2, -0.15) is 0 Å². The Labute approximate surface area is 162 Å². The first-order valence-corrected chi connectivity index (χ1v) is 10.8. The van der Waals surface area contributed by atoms with Crippen LogP contribution in [0.3, 0.4) is 0 Å². The number of rotatable bonds is 11. The molecule has 5 nitrogen and oxygen atoms in total. The average molecular weight is 392 g/mol. The van der Waals surface area contributed by atoms with Crippen molar-refractivity contribution >= 4 is 10.0 Å². The molecule has 2 rings (SSSR count). The quantitative estimate of drug-likeness (QED) is 0.614. The van der Waals surface area contributed by atoms with E-state index in [0.29, 0.717) is 37.7 Å². The van der Waals surface area contributed by atoms with Gasteiger partial charge in [-0.05, 0) is 54.5 Å². The lowest BCUT2D eigenvalue weighted by atomic mass is 9.93. The van der Waals surface area contributed by atoms with Gasteiger partial charge in [0.25, 0.3) is 0 Å². The normalized spacial score (nSPS) is 12.9. The summed E-state index contributed by atoms with van der Waals surface area (Å²) in [5.74, 6) is 1.19. The predicted molar refractivity (Wildman–Crippen MR) is 107 cm³/mol. The van der Waals surface area contributed by atoms with Gasteiger partial charge in [-0.25, -0.2) is 13.1 Å². The summed E-state index contributed by atoms with van der Waals surface area (Å²) in [7, 11) is -3.57. The monoisotopic (exact) mass is 391 g/mol. The second-order valence-electron chi connectivity index (χ2n) is 6.98. The van der Waals surface area contributed by atoms with Crippen LogP contribution in [-0.4, -0.2) is 33.3 Å². The molecule has 0 aromatic heterocycles. The number of nitrogens with one attached hydrogen (secondary N) is 1. The van der Waals surface area contributed by atoms with Crippen molar-refractivity contribution in [1.29, 1.82) is 0 Å². The van der Waals surface area contributed by atoms with Gasteiger partial charge >= 0.3 is 0 Å². The first kappa shape index (κ1) is 21.4. The Morgan fingerprint density at radius 2 is 1.67 bits per heavy atom. The van der Waals surface area contributed by atoms with Crippen molar-refractivity contribution in [3.63, 3.8) is 0 Å². The highest BCUT2D eigenvalue weighted by Crippen LogP contribution is 2.23. The average Bonchev–Trinajstić information content (AvgIpc) is 2.66. The molecule has 0 aliphatic carbocycles. The summed E-state index contributed by atoms with van der Waals surface area (Å²) in [6.45, 7) is 5.10. The molecule has 1 atom stereocenters. The summed E-state index contributed by atoms with van der Waals surface area (Å²) < 4.78 is 33.2. The third-order valence-corrected chi connectivity index (χ3v) is 5.73. The molecule has 0 saturated heterocycles. The van der Waals surface area contributed by atoms with Gasteiger partial charge in [0, 0.05) is 13.2 Å². The summed E-state index contributed by atoms with van der Waals surface area (Å²) >= 11 is 0. The lowest BCUT2D eigenvalue weighted by molar-refractivity contribution is 0.271. The van der Waals surface area contributed by atoms with E-state index in [0.717, 1.165) is 5.56 Å². The number of hydrogen-bond acceptors (Lipinski definition) is 4. The molecular weight excluding hydrogens is 362 g/mol. The van der Waals surface area contributed by atoms with E-state index >= 15 is 0 Å². The Morgan fingerprint density at radius 3 is 2.26 bits per heavy atom. The van der Waals surface area contributed by atoms with E-state index in [1.807, 2.05) is 30.3 Å². The summed E-state index contributed by atoms with van der Waals surface area (Å²) in [4.78, 5) is 0.220. The molecule has 1 unspecified atom stereocenters. The number of sulfonamides is 1. The van der Waals surface area contributed by atoms with E-state index in [1.165, 1.54) is 0 Å². The Kier molecular flexibility index (Phi) is 8.28. The molecule has 0 aliphatic heterocycles. The lowest BCUT2D eigenvalue weighted by Gasteiger charge is -2.17. The number of aliphatic hydroxyl groups is 1. The molecule has 0 fully saturated rings. The zero-order valence-corrected chi connectivity index (χ0v) is 16.8. The minimum absolute atomic E-state index is 0.0736. The Hall–Kier alpha value is -1.89. The second kappa shape index (κ2) is 10.4. The molecule has 2 aromatic carbocycles. The van der Waals surface area contributed by atoms with Gasteiger partial charge < -0.3 is 9.84 Å². The summed E-state index contributed by atoms with van der Waals surface area (Å²) in [5, 5.41) is 9.29. The molecule has 0 amide bonds. The van der Waals surface area contributed by atoms with Gasteiger partial charge in [-0.15, -0.1) is 0 Å². The van der Waals surface area contributed by atoms with Crippen LogP contribution in [0, 0.1) is 5.92 Å². The predicted octanol–water partition coefficient (Wildman–Crippen LogP) is 3.56. The molecule has 0 radical (unpaired) electrons. The van der Waals surface area contributed by atoms with Crippen molar-refractivity contribution < 1.29 is 18.3 Å². The number of hydrogen-bond donors (Lipinski definition) is 2. The number of ether oxygens (including phenoxy) is 1. The maximum absolute atomic E-state index is 12.5. The zero-order chi connectivity index (χ0) is 19.7. The van der Waals surface area contributed by atoms with E-state index in [1.54, 1.807) is 24.3 Å². The Balaban J connectivity index is 1.93. The van der Waals surface area contributed by atoms with Crippen LogP contribution < -0.4 is 9.46 Å². The molecule has 2 aromatic rings. The minimum Gasteiger partial charge on any atom is -0.493 e. The first-order chi connectivity index (χ1) is 12.9. The van der Waals surface area contributed by atoms with Gasteiger partial charge in [0.05, 0.1) is 11.5 Å². The van der Waals surface area contributed by atoms with Crippen LogP contribution in [0.1, 0.15) is 38.2 Å². The second-order valence-corrected chi connectivity index (χ2v) is 8.75. The molecule has 0 bridgehead atoms. The van der Waals surface area contributed by atoms with E-state index < -0.39 is 10.0 Å². The summed E-state index contributed by atoms with van der Waals surface area (Å²) in [6.07, 6.45) is 1.23. The van der Waals surface area contributed by atoms with Gasteiger partial charge in [-0.3, -0.25) is 0 Å². The maximum atomic E-state index is 12.5. The van der Waals surface area contributed by atoms with Crippen molar-refractivity contribution in [3.05, 3.63) is 60.2 Å². The number of aliphatic hydroxyl groups excluding tert-OH is 1. The lowest BCUT2D eigenvalue weighted by Crippen LogP contribution is -2.26. The molecule has 148 valence electrons. The standard InChI is InChI=1S/C21H29NO4S/c1-17(2)16-26-20-8-10-21(11-9-20)27(24,25)22-14-12-19(13-15-23)18-6-4-3-5-7-18/h3-11,17,19,22-23H,12-16H2,1-2H3. The Bertz CT molecular complexity index is 774. The van der Waals surface area contributed by atoms with Crippen molar-refractivity contribution in [2.45, 2.75) is 37.5 Å². The van der Waals surface area contributed by atoms with Crippen molar-refractivity contribution in [2.24, 2.45) is 5.92 Å². The fourth-order valence-corrected chi connectivity index (χ4v) is 3.84. The SMILES string of the molecule is CC(C)COc1ccc(S(=O)(=O)NCCC(CCO)c2ccccc2)cc1. The van der Waals surface area contributed by atoms with E-state index in [9.17, 15) is 13.5 Å². The van der Waals surface area contributed by atoms with Gasteiger partial charge in [0.2, 0.25) is 10.0 Å². The van der Waals surface area contributed by atoms with E-state index in [-0.39, 0.29) is 17.4 Å². The molecule has 6 heteroatoms. The van der Waals surface area contributed by atoms with Crippen LogP contribution in [0.15, 0.2) is 59.5 Å². The van der Waals surface area contributed by atoms with Gasteiger partial charge in [-0.1, -0.05) is 44.2 Å². The van der Waals surface area contributed by atoms with Crippen LogP contribution in [-0.2, 0) is 10.0 Å². The van der Waals surface area contributed by atoms with Crippen LogP contribution in [0.2, 0.25) is 0 Å². The highest BCUT2D eigenvalue weighted by Gasteiger charge is 2.16. The molecule has 2 N–H and O–H groups in total. The highest BCUT2D eigenvalue weighted by atomic mass is 32.2. The van der Waals surface area contributed by atoms with Crippen LogP contribution in [0.5, 0.6) is 5.75 Å². The molecule has 0 saturated carbocycles. The maximum Gasteiger partial charge on any atom is 0.240 e. The van der Waals surface area contributed by atoms with Crippen molar-refractivity contribution in [1.82, 2.24) is 4.72 Å². The van der Waals surface area contributed by atoms with Crippen molar-refractivity contribution in [2.75, 3.05) is 19.8 Å². The minimum atomic E-state index is -3.57. The first-order valence-electron chi connectivity index (χ1n) is 9.30. The molecule has 0 heterocycles. The molecule has 0 aliphatic rings. The fourth-order valence-electron chi connectivity index (χ4n) is 2.79. The largest absolute Gasteiger partial charge is 0.493 e. The van der Waals surface area contributed by atoms with Gasteiger partial charge in [0.15, 0.2) is 0 Å². The third kappa shape index (κ3) is 6.97. The van der Waals surface area contributed by atoms with Gasteiger partial charge in [0.1, 0.15) is 5.75 Å². The smallest absolute Gasteiger partial charge is 0.240 e. The molecule has 0 spiro atoms. The topological polar surface area (TPSA) is 75.6 Å². The van der Waals surface area contributed by atoms with Crippen molar-refractivity contribution in [3.8, 4) is 5.75 Å². The summed E-state index contributed by atoms with van der Waals surface area (Å²) in [5.41, 5.74) is 1.11. The molecule has 27 heavy (non-hydrogen) atoms. The fraction of sp³-hybridized carbons (Fsp3) is 0.429. The highest BCUT2D eigenvalue weighted by molar-refractivity contribution is 7.89. The third-order valence-electron chi connectivity index (χ3n) is 4.25. The molecular formula is C21H29NO4S. The summed E-state index contributed by atoms with van der Waals surface area (Å²) in [6, 6.07) is 16.3. The van der Waals surface area contributed by atoms with E-state index in [4.69, 9.17) is 4.74 Å². The van der Waals surface area contributed by atoms with E-state index in [2.05, 4.69) is 18.6 Å². The van der Waals surface area contributed by atoms with Crippen LogP contribution >= 0.6 is 0 Å². The van der Waals surface area contributed by atoms with Crippen LogP contribution in [0.25, 0.3) is 0 Å². The Morgan fingerprint density at radius 1 is 1.00 bits per heavy atom.